The van der Waals surface area contributed by atoms with Crippen molar-refractivity contribution in [3.05, 3.63) is 22.6 Å². The zero-order valence-electron chi connectivity index (χ0n) is 7.55. The standard InChI is InChI=1S/C9H11BrN2O2/c10-8-3-6(5-14-8)9(13)12-7-1-2-11-4-7/h3,5,7,11H,1-2,4H2,(H,12,13). The number of hydrogen-bond donors (Lipinski definition) is 2. The number of halogens is 1. The lowest BCUT2D eigenvalue weighted by atomic mass is 10.2. The summed E-state index contributed by atoms with van der Waals surface area (Å²) >= 11 is 3.15. The van der Waals surface area contributed by atoms with Gasteiger partial charge in [-0.05, 0) is 28.9 Å². The van der Waals surface area contributed by atoms with Crippen molar-refractivity contribution in [2.45, 2.75) is 12.5 Å². The topological polar surface area (TPSA) is 54.3 Å². The van der Waals surface area contributed by atoms with E-state index in [1.165, 1.54) is 6.26 Å². The van der Waals surface area contributed by atoms with Crippen molar-refractivity contribution in [3.8, 4) is 0 Å². The minimum Gasteiger partial charge on any atom is -0.457 e. The second-order valence-corrected chi connectivity index (χ2v) is 4.08. The molecule has 0 spiro atoms. The summed E-state index contributed by atoms with van der Waals surface area (Å²) < 4.78 is 5.57. The summed E-state index contributed by atoms with van der Waals surface area (Å²) in [6, 6.07) is 1.91. The maximum absolute atomic E-state index is 11.6. The summed E-state index contributed by atoms with van der Waals surface area (Å²) in [5.41, 5.74) is 0.559. The molecule has 1 fully saturated rings. The van der Waals surface area contributed by atoms with E-state index in [0.29, 0.717) is 10.2 Å². The molecule has 76 valence electrons. The average Bonchev–Trinajstić information content (AvgIpc) is 2.75. The van der Waals surface area contributed by atoms with Crippen LogP contribution in [0.15, 0.2) is 21.4 Å². The van der Waals surface area contributed by atoms with Crippen LogP contribution in [0.25, 0.3) is 0 Å². The van der Waals surface area contributed by atoms with Crippen molar-refractivity contribution < 1.29 is 9.21 Å². The molecule has 1 amide bonds. The van der Waals surface area contributed by atoms with Crippen molar-refractivity contribution in [1.29, 1.82) is 0 Å². The third-order valence-corrected chi connectivity index (χ3v) is 2.64. The third-order valence-electron chi connectivity index (χ3n) is 2.23. The van der Waals surface area contributed by atoms with Gasteiger partial charge < -0.3 is 15.1 Å². The fraction of sp³-hybridized carbons (Fsp3) is 0.444. The molecule has 2 heterocycles. The summed E-state index contributed by atoms with van der Waals surface area (Å²) in [6.45, 7) is 1.82. The first-order valence-corrected chi connectivity index (χ1v) is 5.30. The Morgan fingerprint density at radius 1 is 1.71 bits per heavy atom. The Balaban J connectivity index is 1.95. The van der Waals surface area contributed by atoms with E-state index < -0.39 is 0 Å². The molecule has 0 bridgehead atoms. The minimum absolute atomic E-state index is 0.0758. The quantitative estimate of drug-likeness (QED) is 0.837. The van der Waals surface area contributed by atoms with Gasteiger partial charge in [0.15, 0.2) is 4.67 Å². The van der Waals surface area contributed by atoms with Gasteiger partial charge in [-0.2, -0.15) is 0 Å². The van der Waals surface area contributed by atoms with E-state index in [1.54, 1.807) is 6.07 Å². The molecule has 1 atom stereocenters. The summed E-state index contributed by atoms with van der Waals surface area (Å²) in [5.74, 6) is -0.0758. The van der Waals surface area contributed by atoms with Crippen molar-refractivity contribution in [1.82, 2.24) is 10.6 Å². The Hall–Kier alpha value is -0.810. The van der Waals surface area contributed by atoms with E-state index in [-0.39, 0.29) is 11.9 Å². The maximum Gasteiger partial charge on any atom is 0.254 e. The van der Waals surface area contributed by atoms with Crippen LogP contribution in [0.2, 0.25) is 0 Å². The van der Waals surface area contributed by atoms with Crippen LogP contribution in [0.3, 0.4) is 0 Å². The van der Waals surface area contributed by atoms with Crippen LogP contribution in [0.1, 0.15) is 16.8 Å². The fourth-order valence-electron chi connectivity index (χ4n) is 1.48. The fourth-order valence-corrected chi connectivity index (χ4v) is 1.82. The minimum atomic E-state index is -0.0758. The van der Waals surface area contributed by atoms with Crippen LogP contribution in [0.4, 0.5) is 0 Å². The van der Waals surface area contributed by atoms with Gasteiger partial charge in [-0.25, -0.2) is 0 Å². The molecule has 0 saturated carbocycles. The van der Waals surface area contributed by atoms with E-state index in [9.17, 15) is 4.79 Å². The van der Waals surface area contributed by atoms with Gasteiger partial charge in [-0.15, -0.1) is 0 Å². The van der Waals surface area contributed by atoms with E-state index in [2.05, 4.69) is 26.6 Å². The van der Waals surface area contributed by atoms with Gasteiger partial charge in [0, 0.05) is 18.7 Å². The van der Waals surface area contributed by atoms with E-state index in [4.69, 9.17) is 4.42 Å². The van der Waals surface area contributed by atoms with E-state index >= 15 is 0 Å². The van der Waals surface area contributed by atoms with Gasteiger partial charge in [0.25, 0.3) is 5.91 Å². The Labute approximate surface area is 90.2 Å². The van der Waals surface area contributed by atoms with Crippen molar-refractivity contribution in [3.63, 3.8) is 0 Å². The van der Waals surface area contributed by atoms with Crippen LogP contribution >= 0.6 is 15.9 Å². The molecule has 1 aliphatic rings. The number of amides is 1. The van der Waals surface area contributed by atoms with Crippen molar-refractivity contribution in [2.24, 2.45) is 0 Å². The number of hydrogen-bond acceptors (Lipinski definition) is 3. The molecule has 4 nitrogen and oxygen atoms in total. The zero-order chi connectivity index (χ0) is 9.97. The number of furan rings is 1. The Morgan fingerprint density at radius 2 is 2.57 bits per heavy atom. The molecule has 0 radical (unpaired) electrons. The number of nitrogens with one attached hydrogen (secondary N) is 2. The highest BCUT2D eigenvalue weighted by Crippen LogP contribution is 2.14. The summed E-state index contributed by atoms with van der Waals surface area (Å²) in [5, 5.41) is 6.11. The van der Waals surface area contributed by atoms with Crippen LogP contribution in [0.5, 0.6) is 0 Å². The van der Waals surface area contributed by atoms with Gasteiger partial charge in [0.1, 0.15) is 6.26 Å². The highest BCUT2D eigenvalue weighted by atomic mass is 79.9. The van der Waals surface area contributed by atoms with Crippen LogP contribution in [-0.2, 0) is 0 Å². The maximum atomic E-state index is 11.6. The molecular formula is C9H11BrN2O2. The molecule has 2 rings (SSSR count). The van der Waals surface area contributed by atoms with Gasteiger partial charge in [-0.3, -0.25) is 4.79 Å². The highest BCUT2D eigenvalue weighted by Gasteiger charge is 2.18. The second-order valence-electron chi connectivity index (χ2n) is 3.30. The number of carbonyl (C=O) groups is 1. The molecule has 1 saturated heterocycles. The highest BCUT2D eigenvalue weighted by molar-refractivity contribution is 9.10. The number of rotatable bonds is 2. The van der Waals surface area contributed by atoms with Gasteiger partial charge >= 0.3 is 0 Å². The second kappa shape index (κ2) is 4.14. The third kappa shape index (κ3) is 2.16. The molecule has 1 aromatic rings. The molecule has 1 aromatic heterocycles. The number of carbonyl (C=O) groups excluding carboxylic acids is 1. The first-order valence-electron chi connectivity index (χ1n) is 4.51. The van der Waals surface area contributed by atoms with E-state index in [1.807, 2.05) is 0 Å². The molecular weight excluding hydrogens is 248 g/mol. The largest absolute Gasteiger partial charge is 0.457 e. The zero-order valence-corrected chi connectivity index (χ0v) is 9.13. The van der Waals surface area contributed by atoms with Crippen molar-refractivity contribution >= 4 is 21.8 Å². The molecule has 1 aliphatic heterocycles. The molecule has 5 heteroatoms. The normalized spacial score (nSPS) is 21.1. The summed E-state index contributed by atoms with van der Waals surface area (Å²) in [7, 11) is 0. The lowest BCUT2D eigenvalue weighted by molar-refractivity contribution is 0.0939. The molecule has 1 unspecified atom stereocenters. The Kier molecular flexibility index (Phi) is 2.88. The van der Waals surface area contributed by atoms with Crippen LogP contribution < -0.4 is 10.6 Å². The predicted molar refractivity (Wildman–Crippen MR) is 55.1 cm³/mol. The van der Waals surface area contributed by atoms with Gasteiger partial charge in [0.05, 0.1) is 5.56 Å². The predicted octanol–water partition coefficient (Wildman–Crippen LogP) is 1.13. The monoisotopic (exact) mass is 258 g/mol. The van der Waals surface area contributed by atoms with Crippen LogP contribution in [-0.4, -0.2) is 25.0 Å². The molecule has 2 N–H and O–H groups in total. The lowest BCUT2D eigenvalue weighted by Gasteiger charge is -2.09. The van der Waals surface area contributed by atoms with Gasteiger partial charge in [-0.1, -0.05) is 0 Å². The van der Waals surface area contributed by atoms with E-state index in [0.717, 1.165) is 19.5 Å². The Morgan fingerprint density at radius 3 is 3.14 bits per heavy atom. The van der Waals surface area contributed by atoms with Gasteiger partial charge in [0.2, 0.25) is 0 Å². The lowest BCUT2D eigenvalue weighted by Crippen LogP contribution is -2.35. The molecule has 0 aromatic carbocycles. The SMILES string of the molecule is O=C(NC1CCNC1)c1coc(Br)c1. The first-order chi connectivity index (χ1) is 6.75. The summed E-state index contributed by atoms with van der Waals surface area (Å²) in [4.78, 5) is 11.6. The Bertz CT molecular complexity index is 331. The van der Waals surface area contributed by atoms with Crippen molar-refractivity contribution in [2.75, 3.05) is 13.1 Å². The average molecular weight is 259 g/mol. The molecule has 14 heavy (non-hydrogen) atoms. The summed E-state index contributed by atoms with van der Waals surface area (Å²) in [6.07, 6.45) is 2.44. The smallest absolute Gasteiger partial charge is 0.254 e. The van der Waals surface area contributed by atoms with Crippen LogP contribution in [0, 0.1) is 0 Å². The molecule has 0 aliphatic carbocycles. The first kappa shape index (κ1) is 9.73.